The SMILES string of the molecule is CC(=O)N(Cc1ccc(-c2ccccc2-c2nn[nH]n2)cc1)[C@@H](C)C(=O)O.S. The minimum atomic E-state index is -1.03. The van der Waals surface area contributed by atoms with Crippen molar-refractivity contribution in [3.05, 3.63) is 54.1 Å². The van der Waals surface area contributed by atoms with Crippen LogP contribution in [-0.2, 0) is 16.1 Å². The number of aromatic amines is 1. The zero-order valence-corrected chi connectivity index (χ0v) is 16.5. The summed E-state index contributed by atoms with van der Waals surface area (Å²) in [4.78, 5) is 24.3. The van der Waals surface area contributed by atoms with Crippen LogP contribution in [0.5, 0.6) is 0 Å². The van der Waals surface area contributed by atoms with Gasteiger partial charge in [-0.25, -0.2) is 4.79 Å². The van der Waals surface area contributed by atoms with Gasteiger partial charge in [0.05, 0.1) is 0 Å². The van der Waals surface area contributed by atoms with Crippen molar-refractivity contribution < 1.29 is 14.7 Å². The predicted octanol–water partition coefficient (Wildman–Crippen LogP) is 2.47. The molecule has 2 N–H and O–H groups in total. The Balaban J connectivity index is 0.00000280. The van der Waals surface area contributed by atoms with Crippen molar-refractivity contribution in [3.8, 4) is 22.5 Å². The van der Waals surface area contributed by atoms with Crippen molar-refractivity contribution in [1.82, 2.24) is 25.5 Å². The van der Waals surface area contributed by atoms with E-state index >= 15 is 0 Å². The molecule has 1 amide bonds. The molecule has 1 heterocycles. The van der Waals surface area contributed by atoms with E-state index in [2.05, 4.69) is 20.6 Å². The van der Waals surface area contributed by atoms with Crippen LogP contribution in [-0.4, -0.2) is 48.5 Å². The number of aromatic nitrogens is 4. The second-order valence-corrected chi connectivity index (χ2v) is 6.14. The van der Waals surface area contributed by atoms with Crippen molar-refractivity contribution in [3.63, 3.8) is 0 Å². The lowest BCUT2D eigenvalue weighted by Gasteiger charge is -2.25. The van der Waals surface area contributed by atoms with E-state index in [1.807, 2.05) is 48.5 Å². The molecule has 8 nitrogen and oxygen atoms in total. The largest absolute Gasteiger partial charge is 0.480 e. The molecule has 0 bridgehead atoms. The zero-order chi connectivity index (χ0) is 19.4. The highest BCUT2D eigenvalue weighted by atomic mass is 32.1. The molecule has 1 atom stereocenters. The number of nitrogens with zero attached hydrogens (tertiary/aromatic N) is 4. The average Bonchev–Trinajstić information content (AvgIpc) is 3.20. The van der Waals surface area contributed by atoms with Crippen LogP contribution in [0, 0.1) is 0 Å². The van der Waals surface area contributed by atoms with Crippen LogP contribution in [0.2, 0.25) is 0 Å². The van der Waals surface area contributed by atoms with Crippen LogP contribution in [0.1, 0.15) is 19.4 Å². The van der Waals surface area contributed by atoms with Gasteiger partial charge in [-0.15, -0.1) is 10.2 Å². The molecule has 3 rings (SSSR count). The quantitative estimate of drug-likeness (QED) is 0.658. The minimum Gasteiger partial charge on any atom is -0.480 e. The fourth-order valence-corrected chi connectivity index (χ4v) is 2.85. The molecule has 2 aromatic carbocycles. The molecule has 0 fully saturated rings. The van der Waals surface area contributed by atoms with Crippen LogP contribution in [0.25, 0.3) is 22.5 Å². The van der Waals surface area contributed by atoms with Crippen LogP contribution in [0.15, 0.2) is 48.5 Å². The van der Waals surface area contributed by atoms with E-state index in [9.17, 15) is 14.7 Å². The molecule has 0 spiro atoms. The van der Waals surface area contributed by atoms with E-state index in [-0.39, 0.29) is 25.9 Å². The van der Waals surface area contributed by atoms with Gasteiger partial charge in [-0.3, -0.25) is 4.79 Å². The van der Waals surface area contributed by atoms with Crippen LogP contribution in [0.3, 0.4) is 0 Å². The first-order valence-electron chi connectivity index (χ1n) is 8.39. The van der Waals surface area contributed by atoms with E-state index < -0.39 is 12.0 Å². The number of rotatable bonds is 6. The van der Waals surface area contributed by atoms with E-state index in [1.54, 1.807) is 0 Å². The summed E-state index contributed by atoms with van der Waals surface area (Å²) in [5.41, 5.74) is 3.61. The lowest BCUT2D eigenvalue weighted by Crippen LogP contribution is -2.41. The van der Waals surface area contributed by atoms with E-state index in [4.69, 9.17) is 0 Å². The molecule has 0 radical (unpaired) electrons. The Morgan fingerprint density at radius 3 is 2.29 bits per heavy atom. The summed E-state index contributed by atoms with van der Waals surface area (Å²) in [6, 6.07) is 14.5. The highest BCUT2D eigenvalue weighted by Gasteiger charge is 2.23. The topological polar surface area (TPSA) is 112 Å². The van der Waals surface area contributed by atoms with Gasteiger partial charge < -0.3 is 10.0 Å². The summed E-state index contributed by atoms with van der Waals surface area (Å²) < 4.78 is 0. The molecular formula is C19H21N5O3S. The maximum atomic E-state index is 11.8. The minimum absolute atomic E-state index is 0. The van der Waals surface area contributed by atoms with Gasteiger partial charge in [0, 0.05) is 19.0 Å². The number of carbonyl (C=O) groups is 2. The molecule has 0 saturated heterocycles. The maximum Gasteiger partial charge on any atom is 0.326 e. The Kier molecular flexibility index (Phi) is 6.89. The van der Waals surface area contributed by atoms with Gasteiger partial charge in [0.15, 0.2) is 0 Å². The Morgan fingerprint density at radius 1 is 1.11 bits per heavy atom. The van der Waals surface area contributed by atoms with Gasteiger partial charge in [-0.2, -0.15) is 18.7 Å². The maximum absolute atomic E-state index is 11.8. The van der Waals surface area contributed by atoms with Crippen molar-refractivity contribution in [2.75, 3.05) is 0 Å². The van der Waals surface area contributed by atoms with Gasteiger partial charge in [0.1, 0.15) is 6.04 Å². The second kappa shape index (κ2) is 9.14. The number of benzene rings is 2. The lowest BCUT2D eigenvalue weighted by molar-refractivity contribution is -0.149. The molecule has 0 aliphatic heterocycles. The molecule has 9 heteroatoms. The van der Waals surface area contributed by atoms with E-state index in [0.29, 0.717) is 5.82 Å². The first-order chi connectivity index (χ1) is 13.0. The van der Waals surface area contributed by atoms with Gasteiger partial charge >= 0.3 is 5.97 Å². The van der Waals surface area contributed by atoms with Crippen molar-refractivity contribution in [2.24, 2.45) is 0 Å². The fourth-order valence-electron chi connectivity index (χ4n) is 2.85. The van der Waals surface area contributed by atoms with E-state index in [1.165, 1.54) is 18.7 Å². The number of amides is 1. The average molecular weight is 399 g/mol. The Labute approximate surface area is 169 Å². The van der Waals surface area contributed by atoms with Gasteiger partial charge in [-0.1, -0.05) is 48.5 Å². The summed E-state index contributed by atoms with van der Waals surface area (Å²) in [5, 5.41) is 23.3. The molecule has 146 valence electrons. The number of H-pyrrole nitrogens is 1. The Hall–Kier alpha value is -3.20. The van der Waals surface area contributed by atoms with Crippen LogP contribution < -0.4 is 0 Å². The number of nitrogens with one attached hydrogen (secondary N) is 1. The molecular weight excluding hydrogens is 378 g/mol. The van der Waals surface area contributed by atoms with Crippen molar-refractivity contribution in [2.45, 2.75) is 26.4 Å². The van der Waals surface area contributed by atoms with Crippen molar-refractivity contribution in [1.29, 1.82) is 0 Å². The summed E-state index contributed by atoms with van der Waals surface area (Å²) in [6.07, 6.45) is 0. The summed E-state index contributed by atoms with van der Waals surface area (Å²) >= 11 is 0. The summed E-state index contributed by atoms with van der Waals surface area (Å²) in [5.74, 6) is -0.806. The number of aliphatic carboxylic acids is 1. The molecule has 28 heavy (non-hydrogen) atoms. The molecule has 0 saturated carbocycles. The van der Waals surface area contributed by atoms with Crippen LogP contribution in [0.4, 0.5) is 0 Å². The summed E-state index contributed by atoms with van der Waals surface area (Å²) in [6.45, 7) is 3.10. The number of carboxylic acids is 1. The number of carbonyl (C=O) groups excluding carboxylic acids is 1. The molecule has 3 aromatic rings. The van der Waals surface area contributed by atoms with E-state index in [0.717, 1.165) is 22.3 Å². The van der Waals surface area contributed by atoms with Crippen molar-refractivity contribution >= 4 is 25.4 Å². The van der Waals surface area contributed by atoms with Crippen LogP contribution >= 0.6 is 13.5 Å². The third kappa shape index (κ3) is 4.55. The molecule has 0 aliphatic carbocycles. The number of hydrogen-bond donors (Lipinski definition) is 2. The first kappa shape index (κ1) is 21.1. The Bertz CT molecular complexity index is 944. The highest BCUT2D eigenvalue weighted by Crippen LogP contribution is 2.29. The van der Waals surface area contributed by atoms with Gasteiger partial charge in [0.25, 0.3) is 0 Å². The molecule has 0 unspecified atom stereocenters. The number of hydrogen-bond acceptors (Lipinski definition) is 5. The third-order valence-electron chi connectivity index (χ3n) is 4.36. The van der Waals surface area contributed by atoms with Gasteiger partial charge in [0.2, 0.25) is 11.7 Å². The first-order valence-corrected chi connectivity index (χ1v) is 8.39. The lowest BCUT2D eigenvalue weighted by atomic mass is 9.98. The molecule has 1 aromatic heterocycles. The molecule has 0 aliphatic rings. The normalized spacial score (nSPS) is 11.4. The smallest absolute Gasteiger partial charge is 0.326 e. The zero-order valence-electron chi connectivity index (χ0n) is 15.5. The number of carboxylic acid groups (broad SMARTS) is 1. The third-order valence-corrected chi connectivity index (χ3v) is 4.36. The second-order valence-electron chi connectivity index (χ2n) is 6.14. The fraction of sp³-hybridized carbons (Fsp3) is 0.211. The predicted molar refractivity (Wildman–Crippen MR) is 109 cm³/mol. The standard InChI is InChI=1S/C19H19N5O3.H2S/c1-12(19(26)27)24(13(2)25)11-14-7-9-15(10-8-14)16-5-3-4-6-17(16)18-20-22-23-21-18;/h3-10,12H,11H2,1-2H3,(H,26,27)(H,20,21,22,23);1H2/t12-;/m0./s1. The highest BCUT2D eigenvalue weighted by molar-refractivity contribution is 7.59. The van der Waals surface area contributed by atoms with Gasteiger partial charge in [-0.05, 0) is 28.8 Å². The number of tetrazole rings is 1. The Morgan fingerprint density at radius 2 is 1.75 bits per heavy atom. The summed E-state index contributed by atoms with van der Waals surface area (Å²) in [7, 11) is 0. The monoisotopic (exact) mass is 399 g/mol.